The Morgan fingerprint density at radius 2 is 1.74 bits per heavy atom. The number of hydrogen-bond donors (Lipinski definition) is 1. The molecule has 0 aliphatic carbocycles. The Kier molecular flexibility index (Phi) is 5.04. The predicted octanol–water partition coefficient (Wildman–Crippen LogP) is 3.31. The quantitative estimate of drug-likeness (QED) is 0.817. The molecule has 0 aliphatic heterocycles. The van der Waals surface area contributed by atoms with Gasteiger partial charge >= 0.3 is 0 Å². The van der Waals surface area contributed by atoms with Crippen molar-refractivity contribution in [3.8, 4) is 5.75 Å². The van der Waals surface area contributed by atoms with Gasteiger partial charge in [0.15, 0.2) is 0 Å². The molecule has 19 heavy (non-hydrogen) atoms. The molecule has 0 aliphatic rings. The second-order valence-corrected chi connectivity index (χ2v) is 4.61. The molecule has 0 saturated heterocycles. The van der Waals surface area contributed by atoms with Gasteiger partial charge in [-0.15, -0.1) is 0 Å². The number of carbonyl (C=O) groups is 1. The number of Topliss-reactive ketones (excluding diaryl/α,β-unsaturated/α-hetero) is 1. The van der Waals surface area contributed by atoms with Crippen LogP contribution in [0.25, 0.3) is 0 Å². The minimum atomic E-state index is 0.114. The van der Waals surface area contributed by atoms with Gasteiger partial charge in [-0.2, -0.15) is 12.6 Å². The normalized spacial score (nSPS) is 10.2. The van der Waals surface area contributed by atoms with Crippen LogP contribution in [0.5, 0.6) is 5.75 Å². The number of hydrogen-bond acceptors (Lipinski definition) is 3. The monoisotopic (exact) mass is 272 g/mol. The van der Waals surface area contributed by atoms with E-state index in [1.54, 1.807) is 0 Å². The maximum Gasteiger partial charge on any atom is 0.146 e. The molecule has 0 amide bonds. The molecule has 2 aromatic carbocycles. The lowest BCUT2D eigenvalue weighted by Gasteiger charge is -2.07. The highest BCUT2D eigenvalue weighted by Gasteiger charge is 2.03. The second kappa shape index (κ2) is 7.00. The highest BCUT2D eigenvalue weighted by Crippen LogP contribution is 2.16. The van der Waals surface area contributed by atoms with E-state index in [0.717, 1.165) is 16.9 Å². The number of thiol groups is 1. The van der Waals surface area contributed by atoms with Crippen molar-refractivity contribution in [2.24, 2.45) is 0 Å². The molecular weight excluding hydrogens is 256 g/mol. The van der Waals surface area contributed by atoms with E-state index in [4.69, 9.17) is 4.74 Å². The molecule has 0 aromatic heterocycles. The summed E-state index contributed by atoms with van der Waals surface area (Å²) in [6.45, 7) is 0.533. The van der Waals surface area contributed by atoms with Gasteiger partial charge in [-0.05, 0) is 23.3 Å². The third-order valence-corrected chi connectivity index (χ3v) is 3.08. The van der Waals surface area contributed by atoms with E-state index in [1.165, 1.54) is 0 Å². The summed E-state index contributed by atoms with van der Waals surface area (Å²) in [4.78, 5) is 11.4. The lowest BCUT2D eigenvalue weighted by atomic mass is 10.1. The van der Waals surface area contributed by atoms with E-state index in [2.05, 4.69) is 12.6 Å². The molecule has 0 spiro atoms. The Morgan fingerprint density at radius 3 is 2.47 bits per heavy atom. The summed E-state index contributed by atoms with van der Waals surface area (Å²) in [7, 11) is 0. The molecule has 0 heterocycles. The Hall–Kier alpha value is -1.74. The fourth-order valence-electron chi connectivity index (χ4n) is 1.77. The maximum absolute atomic E-state index is 11.4. The van der Waals surface area contributed by atoms with Crippen molar-refractivity contribution < 1.29 is 9.53 Å². The summed E-state index contributed by atoms with van der Waals surface area (Å²) in [6, 6.07) is 17.6. The van der Waals surface area contributed by atoms with Crippen molar-refractivity contribution >= 4 is 18.4 Å². The summed E-state index contributed by atoms with van der Waals surface area (Å²) >= 11 is 3.98. The molecule has 2 rings (SSSR count). The van der Waals surface area contributed by atoms with Crippen LogP contribution in [0, 0.1) is 0 Å². The lowest BCUT2D eigenvalue weighted by molar-refractivity contribution is -0.115. The molecule has 0 unspecified atom stereocenters. The van der Waals surface area contributed by atoms with E-state index in [9.17, 15) is 4.79 Å². The van der Waals surface area contributed by atoms with Gasteiger partial charge in [0, 0.05) is 12.2 Å². The molecule has 98 valence electrons. The predicted molar refractivity (Wildman–Crippen MR) is 79.8 cm³/mol. The number of carbonyl (C=O) groups excluding carboxylic acids is 1. The first-order valence-electron chi connectivity index (χ1n) is 6.16. The molecule has 0 N–H and O–H groups in total. The molecular formula is C16H16O2S. The lowest BCUT2D eigenvalue weighted by Crippen LogP contribution is -2.04. The molecule has 2 nitrogen and oxygen atoms in total. The molecule has 0 atom stereocenters. The van der Waals surface area contributed by atoms with Crippen LogP contribution < -0.4 is 4.74 Å². The topological polar surface area (TPSA) is 26.3 Å². The van der Waals surface area contributed by atoms with Crippen molar-refractivity contribution in [2.45, 2.75) is 13.0 Å². The Labute approximate surface area is 118 Å². The number of benzene rings is 2. The largest absolute Gasteiger partial charge is 0.489 e. The van der Waals surface area contributed by atoms with Crippen molar-refractivity contribution in [3.05, 3.63) is 65.7 Å². The minimum Gasteiger partial charge on any atom is -0.489 e. The highest BCUT2D eigenvalue weighted by atomic mass is 32.1. The van der Waals surface area contributed by atoms with Crippen molar-refractivity contribution in [1.82, 2.24) is 0 Å². The number of ketones is 1. The average Bonchev–Trinajstić information content (AvgIpc) is 2.46. The smallest absolute Gasteiger partial charge is 0.146 e. The summed E-state index contributed by atoms with van der Waals surface area (Å²) in [5.74, 6) is 1.17. The van der Waals surface area contributed by atoms with Gasteiger partial charge in [0.05, 0.1) is 0 Å². The first-order valence-corrected chi connectivity index (χ1v) is 6.79. The molecule has 2 aromatic rings. The van der Waals surface area contributed by atoms with Gasteiger partial charge < -0.3 is 4.74 Å². The minimum absolute atomic E-state index is 0.114. The van der Waals surface area contributed by atoms with Crippen LogP contribution in [0.1, 0.15) is 11.1 Å². The van der Waals surface area contributed by atoms with Crippen LogP contribution in [0.4, 0.5) is 0 Å². The van der Waals surface area contributed by atoms with Gasteiger partial charge in [0.25, 0.3) is 0 Å². The third kappa shape index (κ3) is 4.45. The highest BCUT2D eigenvalue weighted by molar-refractivity contribution is 7.81. The zero-order chi connectivity index (χ0) is 13.5. The first kappa shape index (κ1) is 13.7. The summed E-state index contributed by atoms with van der Waals surface area (Å²) in [5.41, 5.74) is 2.09. The summed E-state index contributed by atoms with van der Waals surface area (Å²) in [5, 5.41) is 0. The fraction of sp³-hybridized carbons (Fsp3) is 0.188. The molecule has 3 heteroatoms. The first-order chi connectivity index (χ1) is 9.28. The Bertz CT molecular complexity index is 537. The Balaban J connectivity index is 1.97. The van der Waals surface area contributed by atoms with Gasteiger partial charge in [-0.1, -0.05) is 42.5 Å². The van der Waals surface area contributed by atoms with Crippen molar-refractivity contribution in [2.75, 3.05) is 5.75 Å². The van der Waals surface area contributed by atoms with E-state index in [0.29, 0.717) is 13.0 Å². The average molecular weight is 272 g/mol. The summed E-state index contributed by atoms with van der Waals surface area (Å²) in [6.07, 6.45) is 0.409. The number of ether oxygens (including phenoxy) is 1. The van der Waals surface area contributed by atoms with Gasteiger partial charge in [0.1, 0.15) is 18.1 Å². The van der Waals surface area contributed by atoms with E-state index >= 15 is 0 Å². The zero-order valence-electron chi connectivity index (χ0n) is 10.6. The van der Waals surface area contributed by atoms with Crippen LogP contribution in [-0.4, -0.2) is 11.5 Å². The van der Waals surface area contributed by atoms with E-state index in [1.807, 2.05) is 54.6 Å². The number of rotatable bonds is 6. The van der Waals surface area contributed by atoms with E-state index < -0.39 is 0 Å². The SMILES string of the molecule is O=C(CS)Cc1cccc(OCc2ccccc2)c1. The Morgan fingerprint density at radius 1 is 1.00 bits per heavy atom. The zero-order valence-corrected chi connectivity index (χ0v) is 11.5. The molecule has 0 bridgehead atoms. The van der Waals surface area contributed by atoms with Crippen LogP contribution in [0.15, 0.2) is 54.6 Å². The van der Waals surface area contributed by atoms with Gasteiger partial charge in [0.2, 0.25) is 0 Å². The van der Waals surface area contributed by atoms with Crippen molar-refractivity contribution in [3.63, 3.8) is 0 Å². The molecule has 0 radical (unpaired) electrons. The summed E-state index contributed by atoms with van der Waals surface area (Å²) < 4.78 is 5.72. The van der Waals surface area contributed by atoms with Gasteiger partial charge in [-0.25, -0.2) is 0 Å². The van der Waals surface area contributed by atoms with Crippen LogP contribution >= 0.6 is 12.6 Å². The molecule has 0 saturated carbocycles. The van der Waals surface area contributed by atoms with Gasteiger partial charge in [-0.3, -0.25) is 4.79 Å². The van der Waals surface area contributed by atoms with Crippen LogP contribution in [-0.2, 0) is 17.8 Å². The molecule has 0 fully saturated rings. The van der Waals surface area contributed by atoms with Crippen LogP contribution in [0.2, 0.25) is 0 Å². The van der Waals surface area contributed by atoms with Crippen molar-refractivity contribution in [1.29, 1.82) is 0 Å². The fourth-order valence-corrected chi connectivity index (χ4v) is 1.88. The standard InChI is InChI=1S/C16H16O2S/c17-15(12-19)9-14-7-4-8-16(10-14)18-11-13-5-2-1-3-6-13/h1-8,10,19H,9,11-12H2. The maximum atomic E-state index is 11.4. The second-order valence-electron chi connectivity index (χ2n) is 4.30. The van der Waals surface area contributed by atoms with E-state index in [-0.39, 0.29) is 11.5 Å². The third-order valence-electron chi connectivity index (χ3n) is 2.72. The van der Waals surface area contributed by atoms with Crippen LogP contribution in [0.3, 0.4) is 0 Å².